The van der Waals surface area contributed by atoms with Crippen molar-refractivity contribution < 1.29 is 19.4 Å². The van der Waals surface area contributed by atoms with Gasteiger partial charge in [0.1, 0.15) is 5.75 Å². The summed E-state index contributed by atoms with van der Waals surface area (Å²) < 4.78 is 5.15. The van der Waals surface area contributed by atoms with Gasteiger partial charge in [-0.15, -0.1) is 0 Å². The molecule has 7 nitrogen and oxygen atoms in total. The molecule has 1 saturated heterocycles. The van der Waals surface area contributed by atoms with Crippen molar-refractivity contribution in [2.45, 2.75) is 25.7 Å². The Balaban J connectivity index is 2.03. The van der Waals surface area contributed by atoms with Crippen LogP contribution in [0.1, 0.15) is 25.7 Å². The molecular weight excluding hydrogens is 286 g/mol. The highest BCUT2D eigenvalue weighted by atomic mass is 16.6. The molecule has 2 rings (SSSR count). The number of nitrogens with zero attached hydrogens (tertiary/aromatic N) is 1. The lowest BCUT2D eigenvalue weighted by molar-refractivity contribution is -0.890. The average molecular weight is 308 g/mol. The summed E-state index contributed by atoms with van der Waals surface area (Å²) in [6, 6.07) is 4.18. The van der Waals surface area contributed by atoms with E-state index in [0.29, 0.717) is 18.0 Å². The van der Waals surface area contributed by atoms with Crippen LogP contribution in [0.25, 0.3) is 0 Å². The Hall–Kier alpha value is -2.15. The zero-order chi connectivity index (χ0) is 15.9. The number of benzene rings is 1. The summed E-state index contributed by atoms with van der Waals surface area (Å²) in [7, 11) is 1.47. The van der Waals surface area contributed by atoms with Crippen LogP contribution in [0.2, 0.25) is 0 Å². The van der Waals surface area contributed by atoms with Gasteiger partial charge < -0.3 is 15.0 Å². The van der Waals surface area contributed by atoms with E-state index in [4.69, 9.17) is 4.74 Å². The molecule has 0 bridgehead atoms. The molecule has 2 N–H and O–H groups in total. The molecule has 22 heavy (non-hydrogen) atoms. The maximum atomic E-state index is 12.2. The minimum Gasteiger partial charge on any atom is -0.495 e. The van der Waals surface area contributed by atoms with E-state index in [2.05, 4.69) is 5.32 Å². The molecule has 0 aromatic heterocycles. The van der Waals surface area contributed by atoms with Crippen molar-refractivity contribution in [3.05, 3.63) is 28.3 Å². The number of nitro groups is 1. The number of nitrogens with one attached hydrogen (secondary N) is 2. The number of hydrogen-bond donors (Lipinski definition) is 2. The summed E-state index contributed by atoms with van der Waals surface area (Å²) in [5, 5.41) is 13.6. The second kappa shape index (κ2) is 7.74. The van der Waals surface area contributed by atoms with E-state index in [1.165, 1.54) is 43.1 Å². The van der Waals surface area contributed by atoms with E-state index in [0.717, 1.165) is 25.9 Å². The molecule has 1 heterocycles. The van der Waals surface area contributed by atoms with Crippen molar-refractivity contribution in [3.8, 4) is 5.75 Å². The van der Waals surface area contributed by atoms with Crippen molar-refractivity contribution in [2.75, 3.05) is 32.1 Å². The quantitative estimate of drug-likeness (QED) is 0.628. The Morgan fingerprint density at radius 2 is 2.00 bits per heavy atom. The van der Waals surface area contributed by atoms with Gasteiger partial charge in [-0.3, -0.25) is 14.9 Å². The molecule has 120 valence electrons. The Kier molecular flexibility index (Phi) is 5.71. The average Bonchev–Trinajstić information content (AvgIpc) is 2.75. The van der Waals surface area contributed by atoms with Crippen LogP contribution in [0.3, 0.4) is 0 Å². The lowest BCUT2D eigenvalue weighted by atomic mass is 10.2. The number of non-ortho nitro benzene ring substituents is 1. The van der Waals surface area contributed by atoms with Gasteiger partial charge in [-0.25, -0.2) is 0 Å². The summed E-state index contributed by atoms with van der Waals surface area (Å²) in [5.41, 5.74) is 0.272. The molecule has 0 unspecified atom stereocenters. The number of carbonyl (C=O) groups excluding carboxylic acids is 1. The van der Waals surface area contributed by atoms with Crippen molar-refractivity contribution in [3.63, 3.8) is 0 Å². The Morgan fingerprint density at radius 1 is 1.32 bits per heavy atom. The molecule has 1 fully saturated rings. The first-order valence-corrected chi connectivity index (χ1v) is 7.56. The molecule has 1 aliphatic rings. The highest BCUT2D eigenvalue weighted by Gasteiger charge is 2.18. The standard InChI is InChI=1S/C15H21N3O4/c1-22-14-7-6-12(18(20)21)10-13(14)16-15(19)11-17-8-4-2-3-5-9-17/h6-7,10H,2-5,8-9,11H2,1H3,(H,16,19)/p+1. The van der Waals surface area contributed by atoms with E-state index in [-0.39, 0.29) is 11.6 Å². The summed E-state index contributed by atoms with van der Waals surface area (Å²) in [6.45, 7) is 2.38. The normalized spacial score (nSPS) is 15.9. The first kappa shape index (κ1) is 16.2. The van der Waals surface area contributed by atoms with E-state index in [1.54, 1.807) is 0 Å². The number of amides is 1. The number of nitro benzene ring substituents is 1. The second-order valence-corrected chi connectivity index (χ2v) is 5.53. The molecule has 0 radical (unpaired) electrons. The highest BCUT2D eigenvalue weighted by molar-refractivity contribution is 5.93. The third-order valence-corrected chi connectivity index (χ3v) is 3.89. The van der Waals surface area contributed by atoms with E-state index in [1.807, 2.05) is 0 Å². The number of carbonyl (C=O) groups is 1. The van der Waals surface area contributed by atoms with Crippen LogP contribution in [0.5, 0.6) is 5.75 Å². The maximum absolute atomic E-state index is 12.2. The molecule has 0 atom stereocenters. The second-order valence-electron chi connectivity index (χ2n) is 5.53. The number of quaternary nitrogens is 1. The van der Waals surface area contributed by atoms with Gasteiger partial charge in [0.25, 0.3) is 11.6 Å². The number of likely N-dealkylation sites (tertiary alicyclic amines) is 1. The SMILES string of the molecule is COc1ccc([N+](=O)[O-])cc1NC(=O)C[NH+]1CCCCCC1. The van der Waals surface area contributed by atoms with Crippen molar-refractivity contribution >= 4 is 17.3 Å². The lowest BCUT2D eigenvalue weighted by Crippen LogP contribution is -3.12. The summed E-state index contributed by atoms with van der Waals surface area (Å²) in [5.74, 6) is 0.278. The van der Waals surface area contributed by atoms with Gasteiger partial charge in [0, 0.05) is 12.1 Å². The van der Waals surface area contributed by atoms with Gasteiger partial charge in [-0.1, -0.05) is 0 Å². The van der Waals surface area contributed by atoms with E-state index < -0.39 is 4.92 Å². The Bertz CT molecular complexity index is 540. The van der Waals surface area contributed by atoms with Crippen molar-refractivity contribution in [1.29, 1.82) is 0 Å². The Labute approximate surface area is 129 Å². The molecule has 0 spiro atoms. The van der Waals surface area contributed by atoms with Crippen LogP contribution >= 0.6 is 0 Å². The number of hydrogen-bond acceptors (Lipinski definition) is 4. The molecule has 0 saturated carbocycles. The van der Waals surface area contributed by atoms with Gasteiger partial charge >= 0.3 is 0 Å². The molecule has 1 aromatic carbocycles. The van der Waals surface area contributed by atoms with Crippen LogP contribution < -0.4 is 15.0 Å². The fourth-order valence-electron chi connectivity index (χ4n) is 2.73. The lowest BCUT2D eigenvalue weighted by Gasteiger charge is -2.17. The van der Waals surface area contributed by atoms with Crippen LogP contribution in [0, 0.1) is 10.1 Å². The summed E-state index contributed by atoms with van der Waals surface area (Å²) in [6.07, 6.45) is 4.74. The number of anilines is 1. The van der Waals surface area contributed by atoms with Gasteiger partial charge in [0.2, 0.25) is 0 Å². The van der Waals surface area contributed by atoms with E-state index >= 15 is 0 Å². The summed E-state index contributed by atoms with van der Waals surface area (Å²) in [4.78, 5) is 23.8. The number of rotatable bonds is 5. The van der Waals surface area contributed by atoms with Crippen LogP contribution in [0.4, 0.5) is 11.4 Å². The Morgan fingerprint density at radius 3 is 2.59 bits per heavy atom. The predicted molar refractivity (Wildman–Crippen MR) is 82.3 cm³/mol. The fourth-order valence-corrected chi connectivity index (χ4v) is 2.73. The topological polar surface area (TPSA) is 85.9 Å². The third kappa shape index (κ3) is 4.42. The minimum atomic E-state index is -0.491. The van der Waals surface area contributed by atoms with Crippen LogP contribution in [-0.2, 0) is 4.79 Å². The van der Waals surface area contributed by atoms with E-state index in [9.17, 15) is 14.9 Å². The first-order valence-electron chi connectivity index (χ1n) is 7.56. The molecule has 0 aliphatic carbocycles. The van der Waals surface area contributed by atoms with Gasteiger partial charge in [0.05, 0.1) is 30.8 Å². The van der Waals surface area contributed by atoms with Gasteiger partial charge in [-0.2, -0.15) is 0 Å². The molecule has 7 heteroatoms. The smallest absolute Gasteiger partial charge is 0.279 e. The molecule has 1 aromatic rings. The largest absolute Gasteiger partial charge is 0.495 e. The van der Waals surface area contributed by atoms with Crippen LogP contribution in [0.15, 0.2) is 18.2 Å². The number of methoxy groups -OCH3 is 1. The fraction of sp³-hybridized carbons (Fsp3) is 0.533. The third-order valence-electron chi connectivity index (χ3n) is 3.89. The zero-order valence-corrected chi connectivity index (χ0v) is 12.8. The van der Waals surface area contributed by atoms with Crippen molar-refractivity contribution in [2.24, 2.45) is 0 Å². The molecule has 1 aliphatic heterocycles. The predicted octanol–water partition coefficient (Wildman–Crippen LogP) is 1.00. The zero-order valence-electron chi connectivity index (χ0n) is 12.8. The number of ether oxygens (including phenoxy) is 1. The van der Waals surface area contributed by atoms with Gasteiger partial charge in [0.15, 0.2) is 6.54 Å². The maximum Gasteiger partial charge on any atom is 0.279 e. The summed E-state index contributed by atoms with van der Waals surface area (Å²) >= 11 is 0. The van der Waals surface area contributed by atoms with Crippen molar-refractivity contribution in [1.82, 2.24) is 0 Å². The monoisotopic (exact) mass is 308 g/mol. The minimum absolute atomic E-state index is 0.0711. The van der Waals surface area contributed by atoms with Crippen LogP contribution in [-0.4, -0.2) is 37.6 Å². The molecule has 1 amide bonds. The highest BCUT2D eigenvalue weighted by Crippen LogP contribution is 2.28. The van der Waals surface area contributed by atoms with Gasteiger partial charge in [-0.05, 0) is 31.7 Å². The first-order chi connectivity index (χ1) is 10.6. The molecular formula is C15H22N3O4+.